The lowest BCUT2D eigenvalue weighted by Gasteiger charge is -2.16. The molecular weight excluding hydrogens is 220 g/mol. The SMILES string of the molecule is OCC=CCC(c1ccccc1)c1ccccc1. The van der Waals surface area contributed by atoms with Crippen molar-refractivity contribution >= 4 is 0 Å². The van der Waals surface area contributed by atoms with Crippen LogP contribution < -0.4 is 0 Å². The first-order chi connectivity index (χ1) is 8.92. The van der Waals surface area contributed by atoms with E-state index < -0.39 is 0 Å². The Morgan fingerprint density at radius 2 is 1.28 bits per heavy atom. The third kappa shape index (κ3) is 3.31. The molecule has 0 aliphatic carbocycles. The van der Waals surface area contributed by atoms with Crippen LogP contribution in [0.1, 0.15) is 23.5 Å². The number of aliphatic hydroxyl groups is 1. The van der Waals surface area contributed by atoms with Crippen molar-refractivity contribution in [1.82, 2.24) is 0 Å². The molecule has 2 aromatic carbocycles. The highest BCUT2D eigenvalue weighted by Gasteiger charge is 2.11. The Hall–Kier alpha value is -1.86. The number of hydrogen-bond acceptors (Lipinski definition) is 1. The van der Waals surface area contributed by atoms with Gasteiger partial charge in [-0.2, -0.15) is 0 Å². The Kier molecular flexibility index (Phi) is 4.74. The summed E-state index contributed by atoms with van der Waals surface area (Å²) < 4.78 is 0. The molecule has 1 N–H and O–H groups in total. The molecule has 1 nitrogen and oxygen atoms in total. The van der Waals surface area contributed by atoms with Crippen LogP contribution >= 0.6 is 0 Å². The lowest BCUT2D eigenvalue weighted by Crippen LogP contribution is -1.99. The fourth-order valence-electron chi connectivity index (χ4n) is 2.14. The molecule has 0 atom stereocenters. The van der Waals surface area contributed by atoms with Crippen LogP contribution in [0.15, 0.2) is 72.8 Å². The normalized spacial score (nSPS) is 11.2. The van der Waals surface area contributed by atoms with E-state index in [4.69, 9.17) is 5.11 Å². The zero-order valence-electron chi connectivity index (χ0n) is 10.4. The van der Waals surface area contributed by atoms with Crippen molar-refractivity contribution in [2.24, 2.45) is 0 Å². The summed E-state index contributed by atoms with van der Waals surface area (Å²) in [6.07, 6.45) is 4.76. The number of benzene rings is 2. The van der Waals surface area contributed by atoms with E-state index >= 15 is 0 Å². The zero-order chi connectivity index (χ0) is 12.6. The van der Waals surface area contributed by atoms with Gasteiger partial charge in [-0.25, -0.2) is 0 Å². The van der Waals surface area contributed by atoms with Crippen LogP contribution in [-0.2, 0) is 0 Å². The predicted octanol–water partition coefficient (Wildman–Crippen LogP) is 3.76. The molecule has 0 saturated heterocycles. The molecular formula is C17H18O. The van der Waals surface area contributed by atoms with Gasteiger partial charge in [-0.05, 0) is 17.5 Å². The van der Waals surface area contributed by atoms with Crippen molar-refractivity contribution < 1.29 is 5.11 Å². The molecule has 0 bridgehead atoms. The van der Waals surface area contributed by atoms with Crippen molar-refractivity contribution in [3.05, 3.63) is 83.9 Å². The standard InChI is InChI=1S/C17H18O/c18-14-8-7-13-17(15-9-3-1-4-10-15)16-11-5-2-6-12-16/h1-12,17-18H,13-14H2. The van der Waals surface area contributed by atoms with Gasteiger partial charge in [-0.15, -0.1) is 0 Å². The monoisotopic (exact) mass is 238 g/mol. The predicted molar refractivity (Wildman–Crippen MR) is 75.6 cm³/mol. The van der Waals surface area contributed by atoms with Crippen molar-refractivity contribution in [3.63, 3.8) is 0 Å². The van der Waals surface area contributed by atoms with Gasteiger partial charge in [0.15, 0.2) is 0 Å². The summed E-state index contributed by atoms with van der Waals surface area (Å²) in [5.41, 5.74) is 2.62. The van der Waals surface area contributed by atoms with Gasteiger partial charge in [0.05, 0.1) is 6.61 Å². The van der Waals surface area contributed by atoms with Crippen LogP contribution in [0.5, 0.6) is 0 Å². The van der Waals surface area contributed by atoms with Gasteiger partial charge >= 0.3 is 0 Å². The first-order valence-corrected chi connectivity index (χ1v) is 6.27. The van der Waals surface area contributed by atoms with Gasteiger partial charge in [0, 0.05) is 5.92 Å². The van der Waals surface area contributed by atoms with Crippen LogP contribution in [0.4, 0.5) is 0 Å². The van der Waals surface area contributed by atoms with Gasteiger partial charge in [-0.3, -0.25) is 0 Å². The van der Waals surface area contributed by atoms with E-state index in [2.05, 4.69) is 48.5 Å². The fraction of sp³-hybridized carbons (Fsp3) is 0.176. The van der Waals surface area contributed by atoms with Crippen LogP contribution in [0.2, 0.25) is 0 Å². The molecule has 0 saturated carbocycles. The molecule has 2 aromatic rings. The van der Waals surface area contributed by atoms with Gasteiger partial charge in [0.25, 0.3) is 0 Å². The highest BCUT2D eigenvalue weighted by atomic mass is 16.2. The van der Waals surface area contributed by atoms with Crippen LogP contribution in [0.25, 0.3) is 0 Å². The largest absolute Gasteiger partial charge is 0.392 e. The lowest BCUT2D eigenvalue weighted by atomic mass is 9.88. The molecule has 0 fully saturated rings. The number of allylic oxidation sites excluding steroid dienone is 1. The summed E-state index contributed by atoms with van der Waals surface area (Å²) in [6, 6.07) is 21.0. The van der Waals surface area contributed by atoms with Crippen molar-refractivity contribution in [2.45, 2.75) is 12.3 Å². The topological polar surface area (TPSA) is 20.2 Å². The van der Waals surface area contributed by atoms with E-state index in [-0.39, 0.29) is 6.61 Å². The van der Waals surface area contributed by atoms with E-state index in [9.17, 15) is 0 Å². The highest BCUT2D eigenvalue weighted by Crippen LogP contribution is 2.27. The van der Waals surface area contributed by atoms with E-state index in [1.165, 1.54) is 11.1 Å². The van der Waals surface area contributed by atoms with Crippen LogP contribution in [0, 0.1) is 0 Å². The smallest absolute Gasteiger partial charge is 0.0612 e. The van der Waals surface area contributed by atoms with Crippen LogP contribution in [0.3, 0.4) is 0 Å². The molecule has 0 radical (unpaired) electrons. The minimum atomic E-state index is 0.107. The minimum Gasteiger partial charge on any atom is -0.392 e. The van der Waals surface area contributed by atoms with Crippen molar-refractivity contribution in [3.8, 4) is 0 Å². The van der Waals surface area contributed by atoms with E-state index in [1.54, 1.807) is 6.08 Å². The van der Waals surface area contributed by atoms with Crippen LogP contribution in [-0.4, -0.2) is 11.7 Å². The number of hydrogen-bond donors (Lipinski definition) is 1. The maximum absolute atomic E-state index is 8.83. The second kappa shape index (κ2) is 6.77. The third-order valence-electron chi connectivity index (χ3n) is 3.05. The Balaban J connectivity index is 2.26. The van der Waals surface area contributed by atoms with Gasteiger partial charge < -0.3 is 5.11 Å². The maximum Gasteiger partial charge on any atom is 0.0612 e. The summed E-state index contributed by atoms with van der Waals surface area (Å²) in [7, 11) is 0. The average Bonchev–Trinajstić information content (AvgIpc) is 2.46. The molecule has 92 valence electrons. The summed E-state index contributed by atoms with van der Waals surface area (Å²) in [5.74, 6) is 0.357. The van der Waals surface area contributed by atoms with Gasteiger partial charge in [0.1, 0.15) is 0 Å². The van der Waals surface area contributed by atoms with E-state index in [1.807, 2.05) is 18.2 Å². The molecule has 1 heteroatoms. The molecule has 18 heavy (non-hydrogen) atoms. The summed E-state index contributed by atoms with van der Waals surface area (Å²) >= 11 is 0. The number of rotatable bonds is 5. The Bertz CT molecular complexity index is 434. The molecule has 0 amide bonds. The number of aliphatic hydroxyl groups excluding tert-OH is 1. The fourth-order valence-corrected chi connectivity index (χ4v) is 2.14. The molecule has 0 aromatic heterocycles. The molecule has 0 unspecified atom stereocenters. The van der Waals surface area contributed by atoms with E-state index in [0.717, 1.165) is 6.42 Å². The summed E-state index contributed by atoms with van der Waals surface area (Å²) in [6.45, 7) is 0.107. The third-order valence-corrected chi connectivity index (χ3v) is 3.05. The zero-order valence-corrected chi connectivity index (χ0v) is 10.4. The Morgan fingerprint density at radius 3 is 1.72 bits per heavy atom. The molecule has 0 aliphatic heterocycles. The minimum absolute atomic E-state index is 0.107. The summed E-state index contributed by atoms with van der Waals surface area (Å²) in [4.78, 5) is 0. The second-order valence-corrected chi connectivity index (χ2v) is 4.26. The molecule has 0 spiro atoms. The quantitative estimate of drug-likeness (QED) is 0.786. The van der Waals surface area contributed by atoms with Gasteiger partial charge in [-0.1, -0.05) is 72.8 Å². The average molecular weight is 238 g/mol. The Morgan fingerprint density at radius 1 is 0.778 bits per heavy atom. The van der Waals surface area contributed by atoms with E-state index in [0.29, 0.717) is 5.92 Å². The molecule has 0 heterocycles. The lowest BCUT2D eigenvalue weighted by molar-refractivity contribution is 0.342. The second-order valence-electron chi connectivity index (χ2n) is 4.26. The Labute approximate surface area is 108 Å². The highest BCUT2D eigenvalue weighted by molar-refractivity contribution is 5.32. The maximum atomic E-state index is 8.83. The van der Waals surface area contributed by atoms with Gasteiger partial charge in [0.2, 0.25) is 0 Å². The van der Waals surface area contributed by atoms with Crippen molar-refractivity contribution in [2.75, 3.05) is 6.61 Å². The first-order valence-electron chi connectivity index (χ1n) is 6.27. The molecule has 0 aliphatic rings. The van der Waals surface area contributed by atoms with Crippen molar-refractivity contribution in [1.29, 1.82) is 0 Å². The summed E-state index contributed by atoms with van der Waals surface area (Å²) in [5, 5.41) is 8.83. The first kappa shape index (κ1) is 12.6. The molecule has 2 rings (SSSR count).